The van der Waals surface area contributed by atoms with Crippen LogP contribution in [0.5, 0.6) is 0 Å². The number of amides is 1. The van der Waals surface area contributed by atoms with Crippen LogP contribution in [0.15, 0.2) is 48.5 Å². The highest BCUT2D eigenvalue weighted by Gasteiger charge is 2.47. The maximum atomic E-state index is 13.0. The van der Waals surface area contributed by atoms with E-state index in [0.29, 0.717) is 10.7 Å². The summed E-state index contributed by atoms with van der Waals surface area (Å²) >= 11 is 6.17. The van der Waals surface area contributed by atoms with Crippen molar-refractivity contribution in [1.82, 2.24) is 0 Å². The number of nitrogens with zero attached hydrogens (tertiary/aromatic N) is 1. The Bertz CT molecular complexity index is 659. The van der Waals surface area contributed by atoms with Gasteiger partial charge in [-0.3, -0.25) is 4.79 Å². The van der Waals surface area contributed by atoms with Crippen LogP contribution in [0.25, 0.3) is 0 Å². The molecule has 1 amide bonds. The van der Waals surface area contributed by atoms with E-state index in [1.54, 1.807) is 23.1 Å². The van der Waals surface area contributed by atoms with E-state index in [2.05, 4.69) is 0 Å². The molecule has 1 heterocycles. The van der Waals surface area contributed by atoms with Gasteiger partial charge in [-0.25, -0.2) is 4.39 Å². The molecule has 20 heavy (non-hydrogen) atoms. The Morgan fingerprint density at radius 2 is 1.75 bits per heavy atom. The molecule has 2 N–H and O–H groups in total. The van der Waals surface area contributed by atoms with Gasteiger partial charge in [0.05, 0.1) is 6.04 Å². The van der Waals surface area contributed by atoms with E-state index < -0.39 is 6.04 Å². The fraction of sp³-hybridized carbons (Fsp3) is 0.133. The third kappa shape index (κ3) is 1.97. The topological polar surface area (TPSA) is 46.3 Å². The Morgan fingerprint density at radius 3 is 2.40 bits per heavy atom. The second kappa shape index (κ2) is 4.89. The third-order valence-corrected chi connectivity index (χ3v) is 3.81. The number of hydrogen-bond donors (Lipinski definition) is 1. The smallest absolute Gasteiger partial charge is 0.247 e. The fourth-order valence-corrected chi connectivity index (χ4v) is 2.70. The molecule has 2 aromatic rings. The Hall–Kier alpha value is -1.91. The lowest BCUT2D eigenvalue weighted by molar-refractivity contribution is -0.126. The third-order valence-electron chi connectivity index (χ3n) is 3.47. The molecule has 0 saturated carbocycles. The van der Waals surface area contributed by atoms with Gasteiger partial charge in [0.2, 0.25) is 5.91 Å². The minimum Gasteiger partial charge on any atom is -0.318 e. The maximum absolute atomic E-state index is 13.0. The summed E-state index contributed by atoms with van der Waals surface area (Å²) in [6.07, 6.45) is 0. The lowest BCUT2D eigenvalue weighted by atomic mass is 9.88. The zero-order valence-corrected chi connectivity index (χ0v) is 11.2. The zero-order valence-electron chi connectivity index (χ0n) is 10.5. The minimum atomic E-state index is -0.625. The monoisotopic (exact) mass is 290 g/mol. The first-order valence-electron chi connectivity index (χ1n) is 6.18. The molecule has 0 bridgehead atoms. The minimum absolute atomic E-state index is 0.193. The van der Waals surface area contributed by atoms with Crippen molar-refractivity contribution in [3.8, 4) is 0 Å². The number of β-lactam (4-membered cyclic amide) rings is 1. The molecule has 5 heteroatoms. The van der Waals surface area contributed by atoms with E-state index in [1.807, 2.05) is 18.2 Å². The molecular formula is C15H12ClFN2O. The van der Waals surface area contributed by atoms with Crippen LogP contribution in [-0.2, 0) is 4.79 Å². The molecule has 2 aromatic carbocycles. The summed E-state index contributed by atoms with van der Waals surface area (Å²) in [4.78, 5) is 13.6. The van der Waals surface area contributed by atoms with Crippen LogP contribution >= 0.6 is 11.6 Å². The van der Waals surface area contributed by atoms with Gasteiger partial charge in [-0.15, -0.1) is 0 Å². The number of anilines is 1. The van der Waals surface area contributed by atoms with Crippen molar-refractivity contribution in [2.45, 2.75) is 12.1 Å². The molecule has 3 nitrogen and oxygen atoms in total. The first kappa shape index (κ1) is 13.1. The van der Waals surface area contributed by atoms with Crippen molar-refractivity contribution < 1.29 is 9.18 Å². The van der Waals surface area contributed by atoms with Gasteiger partial charge in [0.1, 0.15) is 11.9 Å². The van der Waals surface area contributed by atoms with Crippen LogP contribution in [0.4, 0.5) is 10.1 Å². The van der Waals surface area contributed by atoms with Gasteiger partial charge < -0.3 is 10.6 Å². The van der Waals surface area contributed by atoms with Gasteiger partial charge in [0.15, 0.2) is 0 Å². The van der Waals surface area contributed by atoms with Gasteiger partial charge in [0.25, 0.3) is 0 Å². The van der Waals surface area contributed by atoms with Crippen molar-refractivity contribution in [3.63, 3.8) is 0 Å². The van der Waals surface area contributed by atoms with Gasteiger partial charge in [-0.2, -0.15) is 0 Å². The van der Waals surface area contributed by atoms with Gasteiger partial charge in [0, 0.05) is 10.7 Å². The molecule has 1 aliphatic rings. The number of carbonyl (C=O) groups excluding carboxylic acids is 1. The summed E-state index contributed by atoms with van der Waals surface area (Å²) < 4.78 is 13.0. The van der Waals surface area contributed by atoms with E-state index in [1.165, 1.54) is 12.1 Å². The Kier molecular flexibility index (Phi) is 3.20. The van der Waals surface area contributed by atoms with Crippen molar-refractivity contribution in [3.05, 3.63) is 64.9 Å². The Morgan fingerprint density at radius 1 is 1.10 bits per heavy atom. The Balaban J connectivity index is 2.00. The highest BCUT2D eigenvalue weighted by molar-refractivity contribution is 6.31. The van der Waals surface area contributed by atoms with Crippen LogP contribution in [0, 0.1) is 5.82 Å². The number of rotatable bonds is 2. The molecule has 0 radical (unpaired) electrons. The Labute approximate surface area is 120 Å². The number of nitrogens with two attached hydrogens (primary N) is 1. The molecule has 1 fully saturated rings. The highest BCUT2D eigenvalue weighted by atomic mass is 35.5. The van der Waals surface area contributed by atoms with Gasteiger partial charge in [-0.1, -0.05) is 29.8 Å². The normalized spacial score (nSPS) is 21.8. The SMILES string of the molecule is N[C@@H]1C(=O)N(c2ccc(F)cc2)[C@H]1c1ccccc1Cl. The second-order valence-electron chi connectivity index (χ2n) is 4.68. The van der Waals surface area contributed by atoms with Gasteiger partial charge >= 0.3 is 0 Å². The van der Waals surface area contributed by atoms with Crippen molar-refractivity contribution in [2.24, 2.45) is 5.73 Å². The summed E-state index contributed by atoms with van der Waals surface area (Å²) in [5.41, 5.74) is 7.31. The standard InChI is InChI=1S/C15H12ClFN2O/c16-12-4-2-1-3-11(12)14-13(18)15(20)19(14)10-7-5-9(17)6-8-10/h1-8,13-14H,18H2/t13-,14-/m0/s1. The number of halogens is 2. The lowest BCUT2D eigenvalue weighted by Crippen LogP contribution is -2.63. The second-order valence-corrected chi connectivity index (χ2v) is 5.08. The van der Waals surface area contributed by atoms with Crippen LogP contribution in [0.2, 0.25) is 5.02 Å². The molecule has 3 rings (SSSR count). The van der Waals surface area contributed by atoms with Crippen LogP contribution in [0.1, 0.15) is 11.6 Å². The number of carbonyl (C=O) groups is 1. The summed E-state index contributed by atoms with van der Waals surface area (Å²) in [7, 11) is 0. The van der Waals surface area contributed by atoms with Crippen molar-refractivity contribution >= 4 is 23.2 Å². The molecular weight excluding hydrogens is 279 g/mol. The average molecular weight is 291 g/mol. The summed E-state index contributed by atoms with van der Waals surface area (Å²) in [5.74, 6) is -0.540. The predicted molar refractivity (Wildman–Crippen MR) is 76.1 cm³/mol. The fourth-order valence-electron chi connectivity index (χ4n) is 2.45. The van der Waals surface area contributed by atoms with E-state index in [9.17, 15) is 9.18 Å². The van der Waals surface area contributed by atoms with E-state index in [4.69, 9.17) is 17.3 Å². The summed E-state index contributed by atoms with van der Waals surface area (Å²) in [6, 6.07) is 12.1. The average Bonchev–Trinajstić information content (AvgIpc) is 2.46. The molecule has 0 unspecified atom stereocenters. The van der Waals surface area contributed by atoms with Crippen LogP contribution in [0.3, 0.4) is 0 Å². The molecule has 102 valence electrons. The first-order chi connectivity index (χ1) is 9.59. The van der Waals surface area contributed by atoms with E-state index in [-0.39, 0.29) is 17.8 Å². The first-order valence-corrected chi connectivity index (χ1v) is 6.56. The maximum Gasteiger partial charge on any atom is 0.247 e. The molecule has 0 aliphatic carbocycles. The quantitative estimate of drug-likeness (QED) is 0.865. The molecule has 2 atom stereocenters. The number of benzene rings is 2. The van der Waals surface area contributed by atoms with Gasteiger partial charge in [-0.05, 0) is 35.9 Å². The molecule has 0 aromatic heterocycles. The predicted octanol–water partition coefficient (Wildman–Crippen LogP) is 2.89. The highest BCUT2D eigenvalue weighted by Crippen LogP contribution is 2.40. The molecule has 1 aliphatic heterocycles. The molecule has 0 spiro atoms. The van der Waals surface area contributed by atoms with E-state index >= 15 is 0 Å². The van der Waals surface area contributed by atoms with Crippen molar-refractivity contribution in [2.75, 3.05) is 4.90 Å². The summed E-state index contributed by atoms with van der Waals surface area (Å²) in [5, 5.41) is 0.563. The zero-order chi connectivity index (χ0) is 14.3. The van der Waals surface area contributed by atoms with Crippen LogP contribution in [-0.4, -0.2) is 11.9 Å². The van der Waals surface area contributed by atoms with Crippen molar-refractivity contribution in [1.29, 1.82) is 0 Å². The van der Waals surface area contributed by atoms with Crippen LogP contribution < -0.4 is 10.6 Å². The van der Waals surface area contributed by atoms with E-state index in [0.717, 1.165) is 5.56 Å². The number of hydrogen-bond acceptors (Lipinski definition) is 2. The summed E-state index contributed by atoms with van der Waals surface area (Å²) in [6.45, 7) is 0. The largest absolute Gasteiger partial charge is 0.318 e. The molecule has 1 saturated heterocycles. The lowest BCUT2D eigenvalue weighted by Gasteiger charge is -2.45.